The molecular weight excluding hydrogens is 326 g/mol. The van der Waals surface area contributed by atoms with Crippen molar-refractivity contribution in [1.29, 1.82) is 0 Å². The van der Waals surface area contributed by atoms with Gasteiger partial charge in [-0.1, -0.05) is 47.5 Å². The Morgan fingerprint density at radius 2 is 2.05 bits per heavy atom. The van der Waals surface area contributed by atoms with E-state index in [2.05, 4.69) is 71.4 Å². The van der Waals surface area contributed by atoms with Crippen LogP contribution in [0.2, 0.25) is 0 Å². The van der Waals surface area contributed by atoms with Crippen LogP contribution in [0.25, 0.3) is 0 Å². The molecule has 0 aliphatic heterocycles. The van der Waals surface area contributed by atoms with Crippen molar-refractivity contribution in [2.24, 2.45) is 7.05 Å². The number of hydrogen-bond acceptors (Lipinski definition) is 2. The van der Waals surface area contributed by atoms with Gasteiger partial charge in [-0.3, -0.25) is 4.68 Å². The second-order valence-corrected chi connectivity index (χ2v) is 6.30. The molecule has 3 nitrogen and oxygen atoms in total. The normalized spacial score (nSPS) is 12.6. The summed E-state index contributed by atoms with van der Waals surface area (Å²) >= 11 is 3.69. The highest BCUT2D eigenvalue weighted by atomic mass is 79.9. The molecule has 114 valence electrons. The third-order valence-electron chi connectivity index (χ3n) is 3.78. The molecule has 4 heteroatoms. The van der Waals surface area contributed by atoms with Gasteiger partial charge in [-0.2, -0.15) is 5.10 Å². The topological polar surface area (TPSA) is 29.9 Å². The Balaban J connectivity index is 2.30. The number of aryl methyl sites for hydroxylation is 3. The lowest BCUT2D eigenvalue weighted by molar-refractivity contribution is 0.526. The maximum atomic E-state index is 4.55. The van der Waals surface area contributed by atoms with E-state index in [-0.39, 0.29) is 0 Å². The van der Waals surface area contributed by atoms with Crippen molar-refractivity contribution in [3.63, 3.8) is 0 Å². The average molecular weight is 350 g/mol. The molecule has 2 aromatic rings. The molecule has 1 aromatic carbocycles. The van der Waals surface area contributed by atoms with Crippen LogP contribution >= 0.6 is 15.9 Å². The van der Waals surface area contributed by atoms with Gasteiger partial charge in [0.25, 0.3) is 0 Å². The standard InChI is InChI=1S/C17H24BrN3/c1-5-13-10-14(21(4)20-13)11-17(19-6-2)15-9-12(3)7-8-16(15)18/h7-10,17,19H,5-6,11H2,1-4H3. The number of hydrogen-bond donors (Lipinski definition) is 1. The number of nitrogens with zero attached hydrogens (tertiary/aromatic N) is 2. The average Bonchev–Trinajstić information content (AvgIpc) is 2.82. The highest BCUT2D eigenvalue weighted by Crippen LogP contribution is 2.27. The molecule has 0 amide bonds. The Morgan fingerprint density at radius 3 is 2.67 bits per heavy atom. The Kier molecular flexibility index (Phi) is 5.59. The number of likely N-dealkylation sites (N-methyl/N-ethyl adjacent to an activating group) is 1. The molecule has 21 heavy (non-hydrogen) atoms. The first-order chi connectivity index (χ1) is 10.0. The molecule has 1 aromatic heterocycles. The third-order valence-corrected chi connectivity index (χ3v) is 4.50. The summed E-state index contributed by atoms with van der Waals surface area (Å²) in [7, 11) is 2.03. The molecule has 1 atom stereocenters. The Hall–Kier alpha value is -1.13. The van der Waals surface area contributed by atoms with Gasteiger partial charge in [0.05, 0.1) is 5.69 Å². The number of halogens is 1. The van der Waals surface area contributed by atoms with E-state index in [1.807, 2.05) is 11.7 Å². The van der Waals surface area contributed by atoms with Gasteiger partial charge >= 0.3 is 0 Å². The van der Waals surface area contributed by atoms with Crippen LogP contribution in [-0.2, 0) is 19.9 Å². The second-order valence-electron chi connectivity index (χ2n) is 5.44. The minimum absolute atomic E-state index is 0.296. The predicted octanol–water partition coefficient (Wildman–Crippen LogP) is 3.95. The van der Waals surface area contributed by atoms with E-state index in [4.69, 9.17) is 0 Å². The zero-order chi connectivity index (χ0) is 15.4. The summed E-state index contributed by atoms with van der Waals surface area (Å²) in [6.07, 6.45) is 1.92. The maximum absolute atomic E-state index is 4.55. The fraction of sp³-hybridized carbons (Fsp3) is 0.471. The molecule has 0 fully saturated rings. The van der Waals surface area contributed by atoms with E-state index in [0.29, 0.717) is 6.04 Å². The minimum Gasteiger partial charge on any atom is -0.310 e. The van der Waals surface area contributed by atoms with E-state index in [9.17, 15) is 0 Å². The Labute approximate surface area is 135 Å². The molecule has 0 spiro atoms. The van der Waals surface area contributed by atoms with E-state index in [1.54, 1.807) is 0 Å². The summed E-state index contributed by atoms with van der Waals surface area (Å²) in [5, 5.41) is 8.15. The van der Waals surface area contributed by atoms with Crippen LogP contribution in [-0.4, -0.2) is 16.3 Å². The fourth-order valence-corrected chi connectivity index (χ4v) is 3.14. The minimum atomic E-state index is 0.296. The molecule has 0 aliphatic rings. The van der Waals surface area contributed by atoms with Gasteiger partial charge in [-0.05, 0) is 37.6 Å². The van der Waals surface area contributed by atoms with Crippen LogP contribution in [0.4, 0.5) is 0 Å². The van der Waals surface area contributed by atoms with Gasteiger partial charge in [0.2, 0.25) is 0 Å². The molecule has 1 heterocycles. The van der Waals surface area contributed by atoms with E-state index in [1.165, 1.54) is 16.8 Å². The molecule has 0 bridgehead atoms. The van der Waals surface area contributed by atoms with Crippen molar-refractivity contribution < 1.29 is 0 Å². The molecule has 0 radical (unpaired) electrons. The molecule has 0 saturated heterocycles. The fourth-order valence-electron chi connectivity index (χ4n) is 2.61. The molecule has 1 N–H and O–H groups in total. The van der Waals surface area contributed by atoms with Crippen LogP contribution in [0.1, 0.15) is 42.4 Å². The summed E-state index contributed by atoms with van der Waals surface area (Å²) in [6.45, 7) is 7.38. The van der Waals surface area contributed by atoms with Gasteiger partial charge in [-0.15, -0.1) is 0 Å². The summed E-state index contributed by atoms with van der Waals surface area (Å²) < 4.78 is 3.17. The summed E-state index contributed by atoms with van der Waals surface area (Å²) in [4.78, 5) is 0. The highest BCUT2D eigenvalue weighted by Gasteiger charge is 2.17. The second kappa shape index (κ2) is 7.23. The molecule has 0 saturated carbocycles. The van der Waals surface area contributed by atoms with Crippen molar-refractivity contribution >= 4 is 15.9 Å². The first-order valence-electron chi connectivity index (χ1n) is 7.56. The Bertz CT molecular complexity index is 604. The van der Waals surface area contributed by atoms with Crippen molar-refractivity contribution in [2.45, 2.75) is 39.7 Å². The van der Waals surface area contributed by atoms with Crippen LogP contribution < -0.4 is 5.32 Å². The summed E-state index contributed by atoms with van der Waals surface area (Å²) in [5.74, 6) is 0. The van der Waals surface area contributed by atoms with Crippen molar-refractivity contribution in [3.8, 4) is 0 Å². The van der Waals surface area contributed by atoms with Crippen LogP contribution in [0.5, 0.6) is 0 Å². The number of benzene rings is 1. The van der Waals surface area contributed by atoms with Crippen molar-refractivity contribution in [3.05, 3.63) is 51.3 Å². The van der Waals surface area contributed by atoms with Gasteiger partial charge in [0.15, 0.2) is 0 Å². The smallest absolute Gasteiger partial charge is 0.0624 e. The maximum Gasteiger partial charge on any atom is 0.0624 e. The van der Waals surface area contributed by atoms with Gasteiger partial charge in [0.1, 0.15) is 0 Å². The highest BCUT2D eigenvalue weighted by molar-refractivity contribution is 9.10. The monoisotopic (exact) mass is 349 g/mol. The number of nitrogens with one attached hydrogen (secondary N) is 1. The van der Waals surface area contributed by atoms with Gasteiger partial charge in [0, 0.05) is 29.7 Å². The van der Waals surface area contributed by atoms with Crippen molar-refractivity contribution in [1.82, 2.24) is 15.1 Å². The number of rotatable bonds is 6. The zero-order valence-corrected chi connectivity index (χ0v) is 14.9. The van der Waals surface area contributed by atoms with Gasteiger partial charge < -0.3 is 5.32 Å². The SMILES string of the molecule is CCNC(Cc1cc(CC)nn1C)c1cc(C)ccc1Br. The molecular formula is C17H24BrN3. The lowest BCUT2D eigenvalue weighted by Gasteiger charge is -2.20. The lowest BCUT2D eigenvalue weighted by atomic mass is 10.00. The van der Waals surface area contributed by atoms with E-state index >= 15 is 0 Å². The number of aromatic nitrogens is 2. The quantitative estimate of drug-likeness (QED) is 0.855. The van der Waals surface area contributed by atoms with E-state index < -0.39 is 0 Å². The van der Waals surface area contributed by atoms with Gasteiger partial charge in [-0.25, -0.2) is 0 Å². The Morgan fingerprint density at radius 1 is 1.29 bits per heavy atom. The van der Waals surface area contributed by atoms with E-state index in [0.717, 1.165) is 29.6 Å². The first-order valence-corrected chi connectivity index (χ1v) is 8.35. The van der Waals surface area contributed by atoms with Crippen LogP contribution in [0.15, 0.2) is 28.7 Å². The van der Waals surface area contributed by atoms with Crippen LogP contribution in [0.3, 0.4) is 0 Å². The third kappa shape index (κ3) is 3.95. The summed E-state index contributed by atoms with van der Waals surface area (Å²) in [6, 6.07) is 9.04. The van der Waals surface area contributed by atoms with Crippen molar-refractivity contribution in [2.75, 3.05) is 6.54 Å². The molecule has 1 unspecified atom stereocenters. The first kappa shape index (κ1) is 16.2. The molecule has 2 rings (SSSR count). The predicted molar refractivity (Wildman–Crippen MR) is 91.6 cm³/mol. The van der Waals surface area contributed by atoms with Crippen LogP contribution in [0, 0.1) is 6.92 Å². The largest absolute Gasteiger partial charge is 0.310 e. The zero-order valence-electron chi connectivity index (χ0n) is 13.3. The lowest BCUT2D eigenvalue weighted by Crippen LogP contribution is -2.24. The summed E-state index contributed by atoms with van der Waals surface area (Å²) in [5.41, 5.74) is 5.03. The molecule has 0 aliphatic carbocycles.